The number of aromatic nitrogens is 3. The van der Waals surface area contributed by atoms with Gasteiger partial charge in [-0.05, 0) is 24.6 Å². The van der Waals surface area contributed by atoms with Gasteiger partial charge in [0.15, 0.2) is 0 Å². The van der Waals surface area contributed by atoms with Gasteiger partial charge in [0, 0.05) is 17.8 Å². The SMILES string of the molecule is Cc1cccc2ccc(CC(=O)Nc3ncccn3)nc12. The Labute approximate surface area is 122 Å². The van der Waals surface area contributed by atoms with Crippen LogP contribution in [0.5, 0.6) is 0 Å². The van der Waals surface area contributed by atoms with Gasteiger partial charge in [-0.25, -0.2) is 9.97 Å². The van der Waals surface area contributed by atoms with Crippen LogP contribution >= 0.6 is 0 Å². The molecule has 1 aromatic carbocycles. The number of aryl methyl sites for hydroxylation is 1. The first-order valence-electron chi connectivity index (χ1n) is 6.64. The van der Waals surface area contributed by atoms with E-state index in [-0.39, 0.29) is 12.3 Å². The lowest BCUT2D eigenvalue weighted by Gasteiger charge is -2.05. The Morgan fingerprint density at radius 1 is 1.10 bits per heavy atom. The van der Waals surface area contributed by atoms with E-state index in [0.717, 1.165) is 22.2 Å². The molecule has 2 aromatic heterocycles. The van der Waals surface area contributed by atoms with E-state index in [0.29, 0.717) is 5.95 Å². The highest BCUT2D eigenvalue weighted by atomic mass is 16.1. The number of benzene rings is 1. The lowest BCUT2D eigenvalue weighted by atomic mass is 10.1. The van der Waals surface area contributed by atoms with E-state index in [2.05, 4.69) is 20.3 Å². The zero-order chi connectivity index (χ0) is 14.7. The van der Waals surface area contributed by atoms with Crippen LogP contribution in [0.2, 0.25) is 0 Å². The van der Waals surface area contributed by atoms with Crippen LogP contribution in [0.4, 0.5) is 5.95 Å². The van der Waals surface area contributed by atoms with Crippen LogP contribution in [0.25, 0.3) is 10.9 Å². The van der Waals surface area contributed by atoms with Gasteiger partial charge in [-0.15, -0.1) is 0 Å². The molecule has 5 heteroatoms. The number of pyridine rings is 1. The van der Waals surface area contributed by atoms with Gasteiger partial charge in [-0.1, -0.05) is 24.3 Å². The van der Waals surface area contributed by atoms with Crippen molar-refractivity contribution in [2.75, 3.05) is 5.32 Å². The molecule has 1 amide bonds. The molecule has 0 aliphatic heterocycles. The number of carbonyl (C=O) groups excluding carboxylic acids is 1. The number of nitrogens with one attached hydrogen (secondary N) is 1. The van der Waals surface area contributed by atoms with Crippen molar-refractivity contribution in [2.24, 2.45) is 0 Å². The number of hydrogen-bond acceptors (Lipinski definition) is 4. The molecule has 0 fully saturated rings. The Balaban J connectivity index is 1.78. The van der Waals surface area contributed by atoms with Crippen LogP contribution in [0, 0.1) is 6.92 Å². The normalized spacial score (nSPS) is 10.5. The average molecular weight is 278 g/mol. The third kappa shape index (κ3) is 3.02. The number of carbonyl (C=O) groups is 1. The van der Waals surface area contributed by atoms with E-state index in [1.165, 1.54) is 0 Å². The second-order valence-electron chi connectivity index (χ2n) is 4.75. The van der Waals surface area contributed by atoms with Gasteiger partial charge < -0.3 is 0 Å². The number of hydrogen-bond donors (Lipinski definition) is 1. The van der Waals surface area contributed by atoms with Crippen molar-refractivity contribution in [3.8, 4) is 0 Å². The maximum Gasteiger partial charge on any atom is 0.232 e. The fraction of sp³-hybridized carbons (Fsp3) is 0.125. The molecule has 0 radical (unpaired) electrons. The summed E-state index contributed by atoms with van der Waals surface area (Å²) in [5.41, 5.74) is 2.75. The standard InChI is InChI=1S/C16H14N4O/c1-11-4-2-5-12-6-7-13(19-15(11)12)10-14(21)20-16-17-8-3-9-18-16/h2-9H,10H2,1H3,(H,17,18,20,21). The van der Waals surface area contributed by atoms with Crippen molar-refractivity contribution >= 4 is 22.8 Å². The molecule has 0 saturated heterocycles. The fourth-order valence-corrected chi connectivity index (χ4v) is 2.13. The fourth-order valence-electron chi connectivity index (χ4n) is 2.13. The predicted molar refractivity (Wildman–Crippen MR) is 80.8 cm³/mol. The average Bonchev–Trinajstić information content (AvgIpc) is 2.49. The zero-order valence-corrected chi connectivity index (χ0v) is 11.6. The van der Waals surface area contributed by atoms with Gasteiger partial charge >= 0.3 is 0 Å². The van der Waals surface area contributed by atoms with Gasteiger partial charge in [-0.3, -0.25) is 15.1 Å². The molecule has 2 heterocycles. The first-order valence-corrected chi connectivity index (χ1v) is 6.64. The molecule has 3 aromatic rings. The van der Waals surface area contributed by atoms with Crippen molar-refractivity contribution < 1.29 is 4.79 Å². The van der Waals surface area contributed by atoms with Crippen molar-refractivity contribution in [1.29, 1.82) is 0 Å². The second-order valence-corrected chi connectivity index (χ2v) is 4.75. The van der Waals surface area contributed by atoms with Crippen molar-refractivity contribution in [1.82, 2.24) is 15.0 Å². The molecule has 0 aliphatic carbocycles. The van der Waals surface area contributed by atoms with Crippen LogP contribution in [-0.2, 0) is 11.2 Å². The highest BCUT2D eigenvalue weighted by Crippen LogP contribution is 2.16. The maximum atomic E-state index is 12.0. The Bertz CT molecular complexity index is 787. The monoisotopic (exact) mass is 278 g/mol. The van der Waals surface area contributed by atoms with Crippen molar-refractivity contribution in [3.05, 3.63) is 60.0 Å². The first kappa shape index (κ1) is 13.2. The molecule has 0 saturated carbocycles. The van der Waals surface area contributed by atoms with Crippen molar-refractivity contribution in [3.63, 3.8) is 0 Å². The van der Waals surface area contributed by atoms with E-state index < -0.39 is 0 Å². The minimum atomic E-state index is -0.179. The van der Waals surface area contributed by atoms with E-state index in [1.54, 1.807) is 18.5 Å². The zero-order valence-electron chi connectivity index (χ0n) is 11.6. The van der Waals surface area contributed by atoms with Crippen LogP contribution in [0.3, 0.4) is 0 Å². The second kappa shape index (κ2) is 5.66. The minimum Gasteiger partial charge on any atom is -0.294 e. The summed E-state index contributed by atoms with van der Waals surface area (Å²) in [5, 5.41) is 3.73. The molecule has 0 atom stereocenters. The van der Waals surface area contributed by atoms with Gasteiger partial charge in [0.25, 0.3) is 0 Å². The molecular weight excluding hydrogens is 264 g/mol. The molecule has 0 aliphatic rings. The molecule has 21 heavy (non-hydrogen) atoms. The van der Waals surface area contributed by atoms with Crippen LogP contribution in [-0.4, -0.2) is 20.9 Å². The van der Waals surface area contributed by atoms with Crippen LogP contribution in [0.1, 0.15) is 11.3 Å². The lowest BCUT2D eigenvalue weighted by molar-refractivity contribution is -0.115. The molecule has 5 nitrogen and oxygen atoms in total. The summed E-state index contributed by atoms with van der Waals surface area (Å²) in [7, 11) is 0. The predicted octanol–water partition coefficient (Wildman–Crippen LogP) is 2.51. The first-order chi connectivity index (χ1) is 10.2. The Hall–Kier alpha value is -2.82. The topological polar surface area (TPSA) is 67.8 Å². The third-order valence-electron chi connectivity index (χ3n) is 3.14. The van der Waals surface area contributed by atoms with Gasteiger partial charge in [0.1, 0.15) is 0 Å². The Morgan fingerprint density at radius 2 is 1.90 bits per heavy atom. The molecule has 0 bridgehead atoms. The van der Waals surface area contributed by atoms with Gasteiger partial charge in [0.2, 0.25) is 11.9 Å². The molecule has 104 valence electrons. The molecule has 0 spiro atoms. The summed E-state index contributed by atoms with van der Waals surface area (Å²) in [6.07, 6.45) is 3.36. The molecule has 0 unspecified atom stereocenters. The summed E-state index contributed by atoms with van der Waals surface area (Å²) < 4.78 is 0. The number of rotatable bonds is 3. The van der Waals surface area contributed by atoms with Crippen LogP contribution in [0.15, 0.2) is 48.8 Å². The van der Waals surface area contributed by atoms with Gasteiger partial charge in [0.05, 0.1) is 17.6 Å². The highest BCUT2D eigenvalue weighted by molar-refractivity contribution is 5.91. The van der Waals surface area contributed by atoms with E-state index in [9.17, 15) is 4.79 Å². The highest BCUT2D eigenvalue weighted by Gasteiger charge is 2.08. The summed E-state index contributed by atoms with van der Waals surface area (Å²) in [4.78, 5) is 24.4. The lowest BCUT2D eigenvalue weighted by Crippen LogP contribution is -2.16. The van der Waals surface area contributed by atoms with E-state index in [4.69, 9.17) is 0 Å². The number of fused-ring (bicyclic) bond motifs is 1. The van der Waals surface area contributed by atoms with Crippen LogP contribution < -0.4 is 5.32 Å². The summed E-state index contributed by atoms with van der Waals surface area (Å²) in [6.45, 7) is 2.01. The smallest absolute Gasteiger partial charge is 0.232 e. The third-order valence-corrected chi connectivity index (χ3v) is 3.14. The van der Waals surface area contributed by atoms with E-state index >= 15 is 0 Å². The largest absolute Gasteiger partial charge is 0.294 e. The van der Waals surface area contributed by atoms with Crippen molar-refractivity contribution in [2.45, 2.75) is 13.3 Å². The summed E-state index contributed by atoms with van der Waals surface area (Å²) in [6, 6.07) is 11.6. The Morgan fingerprint density at radius 3 is 2.71 bits per heavy atom. The summed E-state index contributed by atoms with van der Waals surface area (Å²) in [5.74, 6) is 0.126. The number of amides is 1. The van der Waals surface area contributed by atoms with Gasteiger partial charge in [-0.2, -0.15) is 0 Å². The Kier molecular flexibility index (Phi) is 3.55. The minimum absolute atomic E-state index is 0.179. The molecular formula is C16H14N4O. The maximum absolute atomic E-state index is 12.0. The number of anilines is 1. The summed E-state index contributed by atoms with van der Waals surface area (Å²) >= 11 is 0. The number of nitrogens with zero attached hydrogens (tertiary/aromatic N) is 3. The van der Waals surface area contributed by atoms with E-state index in [1.807, 2.05) is 37.3 Å². The molecule has 1 N–H and O–H groups in total. The molecule has 3 rings (SSSR count). The number of para-hydroxylation sites is 1. The quantitative estimate of drug-likeness (QED) is 0.799.